The largest absolute Gasteiger partial charge is 0.464 e. The molecule has 214 valence electrons. The molecule has 0 aliphatic rings. The van der Waals surface area contributed by atoms with Crippen LogP contribution in [0.1, 0.15) is 130 Å². The Hall–Kier alpha value is -1.41. The second kappa shape index (κ2) is 19.7. The Balaban J connectivity index is 3.94. The van der Waals surface area contributed by atoms with Crippen molar-refractivity contribution in [2.24, 2.45) is 5.92 Å². The molecule has 0 fully saturated rings. The van der Waals surface area contributed by atoms with Crippen LogP contribution >= 0.6 is 0 Å². The van der Waals surface area contributed by atoms with Gasteiger partial charge in [-0.15, -0.1) is 0 Å². The number of carbonyl (C=O) groups is 2. The first-order chi connectivity index (χ1) is 17.0. The van der Waals surface area contributed by atoms with Gasteiger partial charge in [-0.1, -0.05) is 124 Å². The number of halogens is 5. The average Bonchev–Trinajstić information content (AvgIpc) is 2.82. The number of nitrogens with one attached hydrogen (secondary N) is 1. The number of ether oxygens (including phenoxy) is 1. The molecule has 4 nitrogen and oxygen atoms in total. The van der Waals surface area contributed by atoms with Gasteiger partial charge in [0.2, 0.25) is 0 Å². The normalized spacial score (nSPS) is 13.9. The number of alkyl halides is 5. The van der Waals surface area contributed by atoms with E-state index in [0.717, 1.165) is 25.7 Å². The molecule has 0 aromatic heterocycles. The van der Waals surface area contributed by atoms with E-state index in [4.69, 9.17) is 4.74 Å². The van der Waals surface area contributed by atoms with Crippen LogP contribution in [0.2, 0.25) is 0 Å². The lowest BCUT2D eigenvalue weighted by atomic mass is 9.99. The Morgan fingerprint density at radius 1 is 0.694 bits per heavy atom. The van der Waals surface area contributed by atoms with Crippen molar-refractivity contribution in [3.8, 4) is 0 Å². The zero-order chi connectivity index (χ0) is 27.5. The van der Waals surface area contributed by atoms with Gasteiger partial charge in [-0.25, -0.2) is 4.79 Å². The van der Waals surface area contributed by atoms with Crippen LogP contribution in [-0.2, 0) is 14.3 Å². The Bertz CT molecular complexity index is 584. The maximum Gasteiger partial charge on any atom is 0.463 e. The SMILES string of the molecule is CCCCCCCCCCCCCCCCCCOC(=O)C(NC(=O)C(F)(F)C(F)(F)F)C(C)CC. The van der Waals surface area contributed by atoms with Crippen LogP contribution in [-0.4, -0.2) is 36.6 Å². The van der Waals surface area contributed by atoms with Gasteiger partial charge in [0.25, 0.3) is 0 Å². The van der Waals surface area contributed by atoms with Gasteiger partial charge in [0.15, 0.2) is 0 Å². The molecule has 0 aromatic carbocycles. The number of rotatable bonds is 22. The first-order valence-corrected chi connectivity index (χ1v) is 13.9. The van der Waals surface area contributed by atoms with Crippen LogP contribution in [0, 0.1) is 5.92 Å². The topological polar surface area (TPSA) is 55.4 Å². The summed E-state index contributed by atoms with van der Waals surface area (Å²) in [6, 6.07) is -1.56. The van der Waals surface area contributed by atoms with Crippen LogP contribution in [0.25, 0.3) is 0 Å². The molecule has 36 heavy (non-hydrogen) atoms. The Morgan fingerprint density at radius 2 is 1.08 bits per heavy atom. The highest BCUT2D eigenvalue weighted by atomic mass is 19.4. The first kappa shape index (κ1) is 34.6. The van der Waals surface area contributed by atoms with Crippen LogP contribution in [0.4, 0.5) is 22.0 Å². The molecular weight excluding hydrogens is 481 g/mol. The molecule has 0 rings (SSSR count). The molecule has 2 atom stereocenters. The molecule has 1 N–H and O–H groups in total. The van der Waals surface area contributed by atoms with Gasteiger partial charge in [0.05, 0.1) is 6.61 Å². The van der Waals surface area contributed by atoms with Gasteiger partial charge in [-0.2, -0.15) is 22.0 Å². The fourth-order valence-electron chi connectivity index (χ4n) is 3.94. The zero-order valence-corrected chi connectivity index (χ0v) is 22.5. The molecule has 0 aliphatic carbocycles. The van der Waals surface area contributed by atoms with Crippen molar-refractivity contribution in [3.05, 3.63) is 0 Å². The summed E-state index contributed by atoms with van der Waals surface area (Å²) in [6.07, 6.45) is 13.4. The summed E-state index contributed by atoms with van der Waals surface area (Å²) < 4.78 is 68.8. The van der Waals surface area contributed by atoms with E-state index in [-0.39, 0.29) is 13.0 Å². The second-order valence-corrected chi connectivity index (χ2v) is 9.88. The molecule has 0 radical (unpaired) electrons. The number of unbranched alkanes of at least 4 members (excludes halogenated alkanes) is 15. The third kappa shape index (κ3) is 15.0. The van der Waals surface area contributed by atoms with Crippen molar-refractivity contribution in [1.82, 2.24) is 5.32 Å². The molecule has 0 spiro atoms. The van der Waals surface area contributed by atoms with Crippen LogP contribution in [0.5, 0.6) is 0 Å². The number of esters is 1. The third-order valence-corrected chi connectivity index (χ3v) is 6.64. The van der Waals surface area contributed by atoms with Crippen LogP contribution in [0.3, 0.4) is 0 Å². The summed E-state index contributed by atoms with van der Waals surface area (Å²) in [5, 5.41) is 1.54. The van der Waals surface area contributed by atoms with Gasteiger partial charge in [0, 0.05) is 0 Å². The van der Waals surface area contributed by atoms with Gasteiger partial charge in [-0.3, -0.25) is 4.79 Å². The van der Waals surface area contributed by atoms with Crippen molar-refractivity contribution in [3.63, 3.8) is 0 Å². The van der Waals surface area contributed by atoms with E-state index in [1.807, 2.05) is 0 Å². The van der Waals surface area contributed by atoms with E-state index >= 15 is 0 Å². The molecule has 0 heterocycles. The predicted molar refractivity (Wildman–Crippen MR) is 133 cm³/mol. The molecule has 2 unspecified atom stereocenters. The van der Waals surface area contributed by atoms with E-state index < -0.39 is 35.9 Å². The minimum absolute atomic E-state index is 0.0374. The van der Waals surface area contributed by atoms with E-state index in [1.165, 1.54) is 82.9 Å². The lowest BCUT2D eigenvalue weighted by Gasteiger charge is -2.26. The van der Waals surface area contributed by atoms with Gasteiger partial charge in [-0.05, 0) is 12.3 Å². The lowest BCUT2D eigenvalue weighted by Crippen LogP contribution is -2.56. The fourth-order valence-corrected chi connectivity index (χ4v) is 3.94. The van der Waals surface area contributed by atoms with Gasteiger partial charge < -0.3 is 10.1 Å². The fraction of sp³-hybridized carbons (Fsp3) is 0.926. The molecule has 0 aromatic rings. The lowest BCUT2D eigenvalue weighted by molar-refractivity contribution is -0.270. The molecule has 0 bridgehead atoms. The first-order valence-electron chi connectivity index (χ1n) is 13.9. The van der Waals surface area contributed by atoms with Crippen molar-refractivity contribution in [1.29, 1.82) is 0 Å². The monoisotopic (exact) mass is 529 g/mol. The minimum atomic E-state index is -6.03. The minimum Gasteiger partial charge on any atom is -0.464 e. The number of amides is 1. The summed E-state index contributed by atoms with van der Waals surface area (Å²) >= 11 is 0. The second-order valence-electron chi connectivity index (χ2n) is 9.88. The van der Waals surface area contributed by atoms with Crippen LogP contribution in [0.15, 0.2) is 0 Å². The third-order valence-electron chi connectivity index (χ3n) is 6.64. The molecular formula is C27H48F5NO3. The van der Waals surface area contributed by atoms with E-state index in [2.05, 4.69) is 6.92 Å². The van der Waals surface area contributed by atoms with Crippen molar-refractivity contribution in [2.75, 3.05) is 6.61 Å². The number of hydrogen-bond donors (Lipinski definition) is 1. The molecule has 9 heteroatoms. The van der Waals surface area contributed by atoms with E-state index in [9.17, 15) is 31.5 Å². The van der Waals surface area contributed by atoms with E-state index in [1.54, 1.807) is 6.92 Å². The summed E-state index contributed by atoms with van der Waals surface area (Å²) in [4.78, 5) is 23.7. The summed E-state index contributed by atoms with van der Waals surface area (Å²) in [5.41, 5.74) is 0. The molecule has 0 saturated carbocycles. The van der Waals surface area contributed by atoms with Gasteiger partial charge in [0.1, 0.15) is 6.04 Å². The zero-order valence-electron chi connectivity index (χ0n) is 22.5. The van der Waals surface area contributed by atoms with Crippen molar-refractivity contribution >= 4 is 11.9 Å². The summed E-state index contributed by atoms with van der Waals surface area (Å²) in [6.45, 7) is 5.38. The van der Waals surface area contributed by atoms with Gasteiger partial charge >= 0.3 is 24.0 Å². The molecule has 0 aliphatic heterocycles. The Morgan fingerprint density at radius 3 is 1.44 bits per heavy atom. The maximum absolute atomic E-state index is 13.2. The Kier molecular flexibility index (Phi) is 18.9. The highest BCUT2D eigenvalue weighted by molar-refractivity contribution is 5.89. The highest BCUT2D eigenvalue weighted by Crippen LogP contribution is 2.35. The predicted octanol–water partition coefficient (Wildman–Crippen LogP) is 8.52. The molecule has 0 saturated heterocycles. The quantitative estimate of drug-likeness (QED) is 0.0869. The van der Waals surface area contributed by atoms with E-state index in [0.29, 0.717) is 6.42 Å². The highest BCUT2D eigenvalue weighted by Gasteiger charge is 2.63. The molecule has 1 amide bonds. The standard InChI is InChI=1S/C27H48F5NO3/c1-4-6-7-8-9-10-11-12-13-14-15-16-17-18-19-20-21-36-24(34)23(22(3)5-2)33-25(35)26(28,29)27(30,31)32/h22-23H,4-21H2,1-3H3,(H,33,35). The number of carbonyl (C=O) groups excluding carboxylic acids is 2. The summed E-state index contributed by atoms with van der Waals surface area (Å²) in [7, 11) is 0. The van der Waals surface area contributed by atoms with Crippen LogP contribution < -0.4 is 5.32 Å². The Labute approximate surface area is 214 Å². The number of hydrogen-bond acceptors (Lipinski definition) is 3. The van der Waals surface area contributed by atoms with Crippen molar-refractivity contribution < 1.29 is 36.3 Å². The summed E-state index contributed by atoms with van der Waals surface area (Å²) in [5.74, 6) is -9.76. The van der Waals surface area contributed by atoms with Crippen molar-refractivity contribution in [2.45, 2.75) is 148 Å². The smallest absolute Gasteiger partial charge is 0.463 e. The maximum atomic E-state index is 13.2. The average molecular weight is 530 g/mol.